The molecule has 4 rings (SSSR count). The number of rotatable bonds is 7. The van der Waals surface area contributed by atoms with E-state index >= 15 is 0 Å². The Balaban J connectivity index is 1.59. The Morgan fingerprint density at radius 2 is 1.87 bits per heavy atom. The molecule has 0 radical (unpaired) electrons. The number of carbonyl (C=O) groups excluding carboxylic acids is 1. The SMILES string of the molecule is CC(C)c1ccc(N(C(=O)CSCc2cccnc2)c2nc3ccccc3s2)cc1. The van der Waals surface area contributed by atoms with Gasteiger partial charge in [0.05, 0.1) is 21.7 Å². The lowest BCUT2D eigenvalue weighted by Gasteiger charge is -2.20. The minimum Gasteiger partial charge on any atom is -0.273 e. The molecule has 0 unspecified atom stereocenters. The number of amides is 1. The van der Waals surface area contributed by atoms with Crippen molar-refractivity contribution in [2.75, 3.05) is 10.7 Å². The first-order valence-electron chi connectivity index (χ1n) is 9.87. The lowest BCUT2D eigenvalue weighted by molar-refractivity contribution is -0.115. The Morgan fingerprint density at radius 3 is 2.57 bits per heavy atom. The monoisotopic (exact) mass is 433 g/mol. The molecule has 4 nitrogen and oxygen atoms in total. The fourth-order valence-corrected chi connectivity index (χ4v) is 4.95. The first-order chi connectivity index (χ1) is 14.6. The molecule has 0 aliphatic carbocycles. The van der Waals surface area contributed by atoms with Crippen LogP contribution in [0.4, 0.5) is 10.8 Å². The van der Waals surface area contributed by atoms with Gasteiger partial charge in [-0.2, -0.15) is 0 Å². The van der Waals surface area contributed by atoms with Gasteiger partial charge in [0, 0.05) is 18.1 Å². The Bertz CT molecular complexity index is 1090. The van der Waals surface area contributed by atoms with E-state index in [4.69, 9.17) is 4.98 Å². The van der Waals surface area contributed by atoms with E-state index in [0.717, 1.165) is 27.2 Å². The quantitative estimate of drug-likeness (QED) is 0.338. The third-order valence-electron chi connectivity index (χ3n) is 4.76. The minimum absolute atomic E-state index is 0.0280. The van der Waals surface area contributed by atoms with Gasteiger partial charge in [0.2, 0.25) is 5.91 Å². The highest BCUT2D eigenvalue weighted by Crippen LogP contribution is 2.34. The number of carbonyl (C=O) groups is 1. The summed E-state index contributed by atoms with van der Waals surface area (Å²) in [5, 5.41) is 0.709. The second-order valence-electron chi connectivity index (χ2n) is 7.29. The number of nitrogens with zero attached hydrogens (tertiary/aromatic N) is 3. The summed E-state index contributed by atoms with van der Waals surface area (Å²) in [5.41, 5.74) is 4.13. The van der Waals surface area contributed by atoms with Crippen molar-refractivity contribution in [3.05, 3.63) is 84.2 Å². The molecule has 1 amide bonds. The van der Waals surface area contributed by atoms with E-state index in [0.29, 0.717) is 16.8 Å². The second kappa shape index (κ2) is 9.41. The highest BCUT2D eigenvalue weighted by atomic mass is 32.2. The molecule has 2 heterocycles. The van der Waals surface area contributed by atoms with Gasteiger partial charge in [-0.15, -0.1) is 11.8 Å². The molecule has 0 saturated heterocycles. The smallest absolute Gasteiger partial charge is 0.243 e. The summed E-state index contributed by atoms with van der Waals surface area (Å²) in [6, 6.07) is 20.2. The Hall–Kier alpha value is -2.70. The Kier molecular flexibility index (Phi) is 6.45. The number of pyridine rings is 1. The predicted molar refractivity (Wildman–Crippen MR) is 128 cm³/mol. The Morgan fingerprint density at radius 1 is 1.07 bits per heavy atom. The molecule has 2 aromatic heterocycles. The van der Waals surface area contributed by atoms with Crippen LogP contribution in [0.1, 0.15) is 30.9 Å². The van der Waals surface area contributed by atoms with Crippen molar-refractivity contribution in [2.24, 2.45) is 0 Å². The van der Waals surface area contributed by atoms with Crippen LogP contribution in [0.3, 0.4) is 0 Å². The van der Waals surface area contributed by atoms with E-state index < -0.39 is 0 Å². The number of thioether (sulfide) groups is 1. The van der Waals surface area contributed by atoms with Crippen molar-refractivity contribution in [1.29, 1.82) is 0 Å². The van der Waals surface area contributed by atoms with Gasteiger partial charge in [-0.3, -0.25) is 14.7 Å². The first-order valence-corrected chi connectivity index (χ1v) is 11.8. The van der Waals surface area contributed by atoms with E-state index in [1.54, 1.807) is 34.2 Å². The zero-order chi connectivity index (χ0) is 20.9. The molecule has 6 heteroatoms. The summed E-state index contributed by atoms with van der Waals surface area (Å²) in [6.07, 6.45) is 3.60. The average molecular weight is 434 g/mol. The number of hydrogen-bond donors (Lipinski definition) is 0. The van der Waals surface area contributed by atoms with Gasteiger partial charge in [0.15, 0.2) is 5.13 Å². The molecule has 0 aliphatic rings. The van der Waals surface area contributed by atoms with Crippen molar-refractivity contribution in [1.82, 2.24) is 9.97 Å². The van der Waals surface area contributed by atoms with Gasteiger partial charge < -0.3 is 0 Å². The Labute approximate surface area is 185 Å². The number of para-hydroxylation sites is 1. The summed E-state index contributed by atoms with van der Waals surface area (Å²) >= 11 is 3.14. The lowest BCUT2D eigenvalue weighted by atomic mass is 10.0. The third kappa shape index (κ3) is 4.71. The number of anilines is 2. The maximum atomic E-state index is 13.3. The zero-order valence-electron chi connectivity index (χ0n) is 17.0. The van der Waals surface area contributed by atoms with Gasteiger partial charge in [-0.05, 0) is 47.4 Å². The highest BCUT2D eigenvalue weighted by molar-refractivity contribution is 7.99. The summed E-state index contributed by atoms with van der Waals surface area (Å²) in [4.78, 5) is 23.9. The van der Waals surface area contributed by atoms with E-state index in [2.05, 4.69) is 31.0 Å². The van der Waals surface area contributed by atoms with Gasteiger partial charge >= 0.3 is 0 Å². The van der Waals surface area contributed by atoms with Crippen LogP contribution in [-0.4, -0.2) is 21.6 Å². The number of benzene rings is 2. The van der Waals surface area contributed by atoms with Crippen LogP contribution in [0.5, 0.6) is 0 Å². The first kappa shape index (κ1) is 20.6. The fraction of sp³-hybridized carbons (Fsp3) is 0.208. The summed E-state index contributed by atoms with van der Waals surface area (Å²) in [6.45, 7) is 4.33. The molecular formula is C24H23N3OS2. The molecule has 0 bridgehead atoms. The van der Waals surface area contributed by atoms with Crippen LogP contribution >= 0.6 is 23.1 Å². The van der Waals surface area contributed by atoms with Gasteiger partial charge in [-0.1, -0.05) is 55.5 Å². The molecule has 0 spiro atoms. The molecule has 0 fully saturated rings. The summed E-state index contributed by atoms with van der Waals surface area (Å²) in [5.74, 6) is 1.59. The van der Waals surface area contributed by atoms with Crippen LogP contribution in [0, 0.1) is 0 Å². The van der Waals surface area contributed by atoms with Crippen LogP contribution in [-0.2, 0) is 10.5 Å². The van der Waals surface area contributed by atoms with E-state index in [-0.39, 0.29) is 5.91 Å². The fourth-order valence-electron chi connectivity index (χ4n) is 3.13. The van der Waals surface area contributed by atoms with Crippen molar-refractivity contribution in [3.63, 3.8) is 0 Å². The van der Waals surface area contributed by atoms with Crippen LogP contribution in [0.2, 0.25) is 0 Å². The third-order valence-corrected chi connectivity index (χ3v) is 6.77. The molecule has 2 aromatic carbocycles. The van der Waals surface area contributed by atoms with Crippen molar-refractivity contribution in [3.8, 4) is 0 Å². The maximum absolute atomic E-state index is 13.3. The number of aromatic nitrogens is 2. The van der Waals surface area contributed by atoms with Crippen LogP contribution < -0.4 is 4.90 Å². The molecular weight excluding hydrogens is 410 g/mol. The summed E-state index contributed by atoms with van der Waals surface area (Å²) < 4.78 is 1.08. The normalized spacial score (nSPS) is 11.2. The number of hydrogen-bond acceptors (Lipinski definition) is 5. The van der Waals surface area contributed by atoms with E-state index in [9.17, 15) is 4.79 Å². The average Bonchev–Trinajstić information content (AvgIpc) is 3.18. The minimum atomic E-state index is 0.0280. The number of thiazole rings is 1. The van der Waals surface area contributed by atoms with Gasteiger partial charge in [0.1, 0.15) is 0 Å². The van der Waals surface area contributed by atoms with E-state index in [1.807, 2.05) is 54.7 Å². The van der Waals surface area contributed by atoms with E-state index in [1.165, 1.54) is 5.56 Å². The standard InChI is InChI=1S/C24H23N3OS2/c1-17(2)19-9-11-20(12-10-19)27(24-26-21-7-3-4-8-22(21)30-24)23(28)16-29-15-18-6-5-13-25-14-18/h3-14,17H,15-16H2,1-2H3. The predicted octanol–water partition coefficient (Wildman–Crippen LogP) is 6.41. The molecule has 0 atom stereocenters. The molecule has 0 aliphatic heterocycles. The van der Waals surface area contributed by atoms with Crippen molar-refractivity contribution < 1.29 is 4.79 Å². The zero-order valence-corrected chi connectivity index (χ0v) is 18.6. The molecule has 0 saturated carbocycles. The summed E-state index contributed by atoms with van der Waals surface area (Å²) in [7, 11) is 0. The van der Waals surface area contributed by atoms with Gasteiger partial charge in [0.25, 0.3) is 0 Å². The molecule has 30 heavy (non-hydrogen) atoms. The topological polar surface area (TPSA) is 46.1 Å². The molecule has 152 valence electrons. The maximum Gasteiger partial charge on any atom is 0.243 e. The highest BCUT2D eigenvalue weighted by Gasteiger charge is 2.22. The van der Waals surface area contributed by atoms with Gasteiger partial charge in [-0.25, -0.2) is 4.98 Å². The van der Waals surface area contributed by atoms with Crippen molar-refractivity contribution in [2.45, 2.75) is 25.5 Å². The largest absolute Gasteiger partial charge is 0.273 e. The molecule has 0 N–H and O–H groups in total. The van der Waals surface area contributed by atoms with Crippen LogP contribution in [0.25, 0.3) is 10.2 Å². The molecule has 4 aromatic rings. The van der Waals surface area contributed by atoms with Crippen molar-refractivity contribution >= 4 is 50.0 Å². The van der Waals surface area contributed by atoms with Crippen LogP contribution in [0.15, 0.2) is 73.1 Å². The lowest BCUT2D eigenvalue weighted by Crippen LogP contribution is -2.27. The number of fused-ring (bicyclic) bond motifs is 1. The second-order valence-corrected chi connectivity index (χ2v) is 9.29.